The predicted molar refractivity (Wildman–Crippen MR) is 119 cm³/mol. The maximum atomic E-state index is 13.0. The summed E-state index contributed by atoms with van der Waals surface area (Å²) in [6.45, 7) is 8.49. The van der Waals surface area contributed by atoms with E-state index in [9.17, 15) is 9.59 Å². The smallest absolute Gasteiger partial charge is 0.319 e. The van der Waals surface area contributed by atoms with E-state index in [1.165, 1.54) is 0 Å². The molecule has 0 atom stereocenters. The lowest BCUT2D eigenvalue weighted by molar-refractivity contribution is 0.102. The first-order chi connectivity index (χ1) is 14.4. The van der Waals surface area contributed by atoms with E-state index in [0.717, 1.165) is 16.9 Å². The van der Waals surface area contributed by atoms with Gasteiger partial charge < -0.3 is 16.0 Å². The predicted octanol–water partition coefficient (Wildman–Crippen LogP) is 4.70. The van der Waals surface area contributed by atoms with Crippen LogP contribution in [0.15, 0.2) is 54.7 Å². The Balaban J connectivity index is 1.84. The number of nitrogens with one attached hydrogen (secondary N) is 3. The standard InChI is InChI=1S/C23H27N5O2/c1-5-24-23(30)27-18-8-6-7-17(13-18)26-22(29)20-14-25-28(21(20)15(2)3)19-11-9-16(4)10-12-19/h6-15H,5H2,1-4H3,(H,26,29)(H2,24,27,30). The fourth-order valence-electron chi connectivity index (χ4n) is 3.19. The fraction of sp³-hybridized carbons (Fsp3) is 0.261. The highest BCUT2D eigenvalue weighted by atomic mass is 16.2. The number of amides is 3. The first-order valence-corrected chi connectivity index (χ1v) is 10.00. The minimum absolute atomic E-state index is 0.0975. The van der Waals surface area contributed by atoms with Gasteiger partial charge in [-0.1, -0.05) is 37.6 Å². The Morgan fingerprint density at radius 3 is 2.33 bits per heavy atom. The van der Waals surface area contributed by atoms with Crippen molar-refractivity contribution in [3.8, 4) is 5.69 Å². The van der Waals surface area contributed by atoms with Gasteiger partial charge in [0.25, 0.3) is 5.91 Å². The summed E-state index contributed by atoms with van der Waals surface area (Å²) in [4.78, 5) is 24.7. The summed E-state index contributed by atoms with van der Waals surface area (Å²) in [5.74, 6) is -0.146. The van der Waals surface area contributed by atoms with Crippen molar-refractivity contribution in [3.63, 3.8) is 0 Å². The molecule has 0 saturated heterocycles. The lowest BCUT2D eigenvalue weighted by Gasteiger charge is -2.13. The molecule has 0 spiro atoms. The number of hydrogen-bond donors (Lipinski definition) is 3. The number of urea groups is 1. The second-order valence-corrected chi connectivity index (χ2v) is 7.36. The highest BCUT2D eigenvalue weighted by molar-refractivity contribution is 6.05. The Morgan fingerprint density at radius 2 is 1.70 bits per heavy atom. The van der Waals surface area contributed by atoms with Crippen LogP contribution >= 0.6 is 0 Å². The molecule has 156 valence electrons. The van der Waals surface area contributed by atoms with Crippen molar-refractivity contribution in [2.45, 2.75) is 33.6 Å². The average Bonchev–Trinajstić information content (AvgIpc) is 3.14. The van der Waals surface area contributed by atoms with Crippen molar-refractivity contribution in [1.29, 1.82) is 0 Å². The summed E-state index contributed by atoms with van der Waals surface area (Å²) in [7, 11) is 0. The quantitative estimate of drug-likeness (QED) is 0.555. The van der Waals surface area contributed by atoms with Crippen molar-refractivity contribution in [2.24, 2.45) is 0 Å². The van der Waals surface area contributed by atoms with Crippen LogP contribution in [0.2, 0.25) is 0 Å². The molecule has 7 heteroatoms. The van der Waals surface area contributed by atoms with Crippen LogP contribution in [-0.2, 0) is 0 Å². The fourth-order valence-corrected chi connectivity index (χ4v) is 3.19. The maximum Gasteiger partial charge on any atom is 0.319 e. The zero-order valence-corrected chi connectivity index (χ0v) is 17.7. The maximum absolute atomic E-state index is 13.0. The SMILES string of the molecule is CCNC(=O)Nc1cccc(NC(=O)c2cnn(-c3ccc(C)cc3)c2C(C)C)c1. The topological polar surface area (TPSA) is 88.1 Å². The first-order valence-electron chi connectivity index (χ1n) is 10.00. The molecule has 3 aromatic rings. The lowest BCUT2D eigenvalue weighted by atomic mass is 10.0. The minimum Gasteiger partial charge on any atom is -0.338 e. The second-order valence-electron chi connectivity index (χ2n) is 7.36. The van der Waals surface area contributed by atoms with Gasteiger partial charge in [0.1, 0.15) is 0 Å². The molecule has 0 unspecified atom stereocenters. The van der Waals surface area contributed by atoms with E-state index in [1.807, 2.05) is 56.6 Å². The van der Waals surface area contributed by atoms with E-state index in [2.05, 4.69) is 21.0 Å². The molecule has 0 fully saturated rings. The first kappa shape index (κ1) is 21.1. The molecule has 0 aliphatic carbocycles. The summed E-state index contributed by atoms with van der Waals surface area (Å²) in [5, 5.41) is 12.8. The number of anilines is 2. The Hall–Kier alpha value is -3.61. The van der Waals surface area contributed by atoms with Crippen LogP contribution in [0.4, 0.5) is 16.2 Å². The van der Waals surface area contributed by atoms with E-state index in [0.29, 0.717) is 23.5 Å². The zero-order chi connectivity index (χ0) is 21.7. The Kier molecular flexibility index (Phi) is 6.51. The molecule has 3 amide bonds. The van der Waals surface area contributed by atoms with E-state index in [1.54, 1.807) is 30.5 Å². The largest absolute Gasteiger partial charge is 0.338 e. The number of carbonyl (C=O) groups excluding carboxylic acids is 2. The second kappa shape index (κ2) is 9.26. The Bertz CT molecular complexity index is 1040. The van der Waals surface area contributed by atoms with Gasteiger partial charge in [-0.25, -0.2) is 9.48 Å². The molecular weight excluding hydrogens is 378 g/mol. The van der Waals surface area contributed by atoms with E-state index in [-0.39, 0.29) is 17.9 Å². The number of rotatable bonds is 6. The van der Waals surface area contributed by atoms with Gasteiger partial charge in [-0.2, -0.15) is 5.10 Å². The van der Waals surface area contributed by atoms with Gasteiger partial charge in [-0.15, -0.1) is 0 Å². The average molecular weight is 406 g/mol. The third-order valence-corrected chi connectivity index (χ3v) is 4.59. The van der Waals surface area contributed by atoms with Gasteiger partial charge in [0, 0.05) is 17.9 Å². The van der Waals surface area contributed by atoms with Crippen molar-refractivity contribution in [1.82, 2.24) is 15.1 Å². The molecule has 3 rings (SSSR count). The number of hydrogen-bond acceptors (Lipinski definition) is 3. The molecule has 1 heterocycles. The van der Waals surface area contributed by atoms with Crippen molar-refractivity contribution >= 4 is 23.3 Å². The van der Waals surface area contributed by atoms with E-state index in [4.69, 9.17) is 0 Å². The molecule has 1 aromatic heterocycles. The molecule has 0 saturated carbocycles. The number of aryl methyl sites for hydroxylation is 1. The molecule has 30 heavy (non-hydrogen) atoms. The molecule has 0 radical (unpaired) electrons. The summed E-state index contributed by atoms with van der Waals surface area (Å²) >= 11 is 0. The molecule has 3 N–H and O–H groups in total. The van der Waals surface area contributed by atoms with Crippen LogP contribution in [0.1, 0.15) is 48.3 Å². The molecular formula is C23H27N5O2. The van der Waals surface area contributed by atoms with Gasteiger partial charge in [-0.3, -0.25) is 4.79 Å². The van der Waals surface area contributed by atoms with Gasteiger partial charge >= 0.3 is 6.03 Å². The van der Waals surface area contributed by atoms with Crippen molar-refractivity contribution in [3.05, 3.63) is 71.5 Å². The summed E-state index contributed by atoms with van der Waals surface area (Å²) in [6, 6.07) is 14.8. The van der Waals surface area contributed by atoms with Gasteiger partial charge in [-0.05, 0) is 50.1 Å². The third kappa shape index (κ3) is 4.86. The van der Waals surface area contributed by atoms with Crippen LogP contribution in [0, 0.1) is 6.92 Å². The van der Waals surface area contributed by atoms with Crippen LogP contribution in [-0.4, -0.2) is 28.3 Å². The molecule has 7 nitrogen and oxygen atoms in total. The molecule has 0 bridgehead atoms. The zero-order valence-electron chi connectivity index (χ0n) is 17.7. The van der Waals surface area contributed by atoms with Crippen LogP contribution in [0.25, 0.3) is 5.69 Å². The van der Waals surface area contributed by atoms with Crippen LogP contribution < -0.4 is 16.0 Å². The Labute approximate surface area is 176 Å². The van der Waals surface area contributed by atoms with E-state index < -0.39 is 0 Å². The normalized spacial score (nSPS) is 10.7. The van der Waals surface area contributed by atoms with Gasteiger partial charge in [0.2, 0.25) is 0 Å². The third-order valence-electron chi connectivity index (χ3n) is 4.59. The van der Waals surface area contributed by atoms with E-state index >= 15 is 0 Å². The number of aromatic nitrogens is 2. The summed E-state index contributed by atoms with van der Waals surface area (Å²) in [5.41, 5.74) is 4.62. The van der Waals surface area contributed by atoms with Gasteiger partial charge in [0.15, 0.2) is 0 Å². The van der Waals surface area contributed by atoms with Crippen molar-refractivity contribution < 1.29 is 9.59 Å². The highest BCUT2D eigenvalue weighted by Gasteiger charge is 2.21. The lowest BCUT2D eigenvalue weighted by Crippen LogP contribution is -2.28. The molecule has 0 aliphatic heterocycles. The van der Waals surface area contributed by atoms with Gasteiger partial charge in [0.05, 0.1) is 23.1 Å². The number of nitrogens with zero attached hydrogens (tertiary/aromatic N) is 2. The van der Waals surface area contributed by atoms with Crippen LogP contribution in [0.5, 0.6) is 0 Å². The van der Waals surface area contributed by atoms with Crippen LogP contribution in [0.3, 0.4) is 0 Å². The number of carbonyl (C=O) groups is 2. The highest BCUT2D eigenvalue weighted by Crippen LogP contribution is 2.25. The monoisotopic (exact) mass is 405 g/mol. The molecule has 0 aliphatic rings. The summed E-state index contributed by atoms with van der Waals surface area (Å²) in [6.07, 6.45) is 1.60. The number of benzene rings is 2. The minimum atomic E-state index is -0.289. The Morgan fingerprint density at radius 1 is 1.03 bits per heavy atom. The summed E-state index contributed by atoms with van der Waals surface area (Å²) < 4.78 is 1.81. The van der Waals surface area contributed by atoms with Crippen molar-refractivity contribution in [2.75, 3.05) is 17.2 Å². The molecule has 2 aromatic carbocycles.